The number of halogens is 2. The van der Waals surface area contributed by atoms with Gasteiger partial charge in [-0.3, -0.25) is 0 Å². The number of benzene rings is 1. The first-order valence-corrected chi connectivity index (χ1v) is 5.68. The van der Waals surface area contributed by atoms with Gasteiger partial charge >= 0.3 is 0 Å². The minimum Gasteiger partial charge on any atom is -0.511 e. The number of hydrogen-bond acceptors (Lipinski definition) is 3. The molecule has 0 heterocycles. The standard InChI is InChI=1S/C11H8Cl2N2OS/c1-6(16)8(5-14)11(17)15-7-2-3-9(12)10(13)4-7/h2-4,16H,1H3,(H,15,17). The number of allylic oxidation sites excluding steroid dienone is 1. The van der Waals surface area contributed by atoms with Crippen LogP contribution in [0.3, 0.4) is 0 Å². The van der Waals surface area contributed by atoms with E-state index in [0.29, 0.717) is 15.7 Å². The molecule has 1 rings (SSSR count). The van der Waals surface area contributed by atoms with E-state index in [1.165, 1.54) is 6.92 Å². The lowest BCUT2D eigenvalue weighted by molar-refractivity contribution is 0.412. The lowest BCUT2D eigenvalue weighted by Gasteiger charge is -2.08. The number of thiocarbonyl (C=S) groups is 1. The third-order valence-electron chi connectivity index (χ3n) is 1.88. The molecule has 0 amide bonds. The zero-order valence-electron chi connectivity index (χ0n) is 8.79. The molecule has 6 heteroatoms. The molecule has 2 N–H and O–H groups in total. The van der Waals surface area contributed by atoms with Gasteiger partial charge in [0, 0.05) is 5.69 Å². The largest absolute Gasteiger partial charge is 0.511 e. The number of hydrogen-bond donors (Lipinski definition) is 2. The molecule has 0 unspecified atom stereocenters. The second-order valence-electron chi connectivity index (χ2n) is 3.16. The van der Waals surface area contributed by atoms with Crippen molar-refractivity contribution in [2.45, 2.75) is 6.92 Å². The Kier molecular flexibility index (Phi) is 4.76. The SMILES string of the molecule is CC(O)=C(C#N)C(=S)Nc1ccc(Cl)c(Cl)c1. The molecule has 1 aromatic rings. The Hall–Kier alpha value is -1.28. The van der Waals surface area contributed by atoms with Crippen LogP contribution in [0.4, 0.5) is 5.69 Å². The van der Waals surface area contributed by atoms with E-state index in [4.69, 9.17) is 40.7 Å². The number of anilines is 1. The van der Waals surface area contributed by atoms with Crippen LogP contribution < -0.4 is 5.32 Å². The van der Waals surface area contributed by atoms with E-state index in [0.717, 1.165) is 0 Å². The van der Waals surface area contributed by atoms with Crippen molar-refractivity contribution in [2.24, 2.45) is 0 Å². The number of rotatable bonds is 2. The van der Waals surface area contributed by atoms with Crippen LogP contribution in [0.2, 0.25) is 10.0 Å². The maximum Gasteiger partial charge on any atom is 0.125 e. The van der Waals surface area contributed by atoms with E-state index in [-0.39, 0.29) is 16.3 Å². The van der Waals surface area contributed by atoms with Gasteiger partial charge in [0.05, 0.1) is 10.0 Å². The molecule has 0 aliphatic rings. The molecule has 0 saturated carbocycles. The molecular formula is C11H8Cl2N2OS. The highest BCUT2D eigenvalue weighted by Gasteiger charge is 2.09. The first-order chi connectivity index (χ1) is 7.95. The molecule has 0 aliphatic heterocycles. The summed E-state index contributed by atoms with van der Waals surface area (Å²) in [7, 11) is 0. The fourth-order valence-corrected chi connectivity index (χ4v) is 1.67. The molecule has 88 valence electrons. The molecule has 0 atom stereocenters. The summed E-state index contributed by atoms with van der Waals surface area (Å²) >= 11 is 16.6. The summed E-state index contributed by atoms with van der Waals surface area (Å²) in [6.45, 7) is 1.39. The minimum absolute atomic E-state index is 0.0195. The van der Waals surface area contributed by atoms with Crippen LogP contribution in [0.1, 0.15) is 6.92 Å². The fraction of sp³-hybridized carbons (Fsp3) is 0.0909. The number of aliphatic hydroxyl groups excluding tert-OH is 1. The van der Waals surface area contributed by atoms with Crippen LogP contribution in [0.5, 0.6) is 0 Å². The molecule has 3 nitrogen and oxygen atoms in total. The van der Waals surface area contributed by atoms with E-state index in [9.17, 15) is 5.11 Å². The molecule has 0 radical (unpaired) electrons. The van der Waals surface area contributed by atoms with E-state index in [1.54, 1.807) is 18.2 Å². The van der Waals surface area contributed by atoms with Gasteiger partial charge in [-0.15, -0.1) is 0 Å². The Bertz CT molecular complexity index is 531. The Morgan fingerprint density at radius 1 is 1.41 bits per heavy atom. The first-order valence-electron chi connectivity index (χ1n) is 4.52. The quantitative estimate of drug-likeness (QED) is 0.372. The highest BCUT2D eigenvalue weighted by molar-refractivity contribution is 7.81. The van der Waals surface area contributed by atoms with Gasteiger partial charge in [-0.2, -0.15) is 5.26 Å². The van der Waals surface area contributed by atoms with Gasteiger partial charge in [0.2, 0.25) is 0 Å². The normalized spacial score (nSPS) is 11.4. The highest BCUT2D eigenvalue weighted by atomic mass is 35.5. The second-order valence-corrected chi connectivity index (χ2v) is 4.38. The van der Waals surface area contributed by atoms with Crippen molar-refractivity contribution in [1.82, 2.24) is 0 Å². The molecule has 0 aromatic heterocycles. The summed E-state index contributed by atoms with van der Waals surface area (Å²) in [5.74, 6) is -0.134. The minimum atomic E-state index is -0.134. The molecule has 0 aliphatic carbocycles. The van der Waals surface area contributed by atoms with Crippen LogP contribution in [-0.2, 0) is 0 Å². The first kappa shape index (κ1) is 13.8. The van der Waals surface area contributed by atoms with E-state index < -0.39 is 0 Å². The molecule has 0 fully saturated rings. The predicted octanol–water partition coefficient (Wildman–Crippen LogP) is 4.09. The van der Waals surface area contributed by atoms with Gasteiger partial charge in [-0.05, 0) is 25.1 Å². The van der Waals surface area contributed by atoms with Gasteiger partial charge in [0.15, 0.2) is 0 Å². The smallest absolute Gasteiger partial charge is 0.125 e. The zero-order chi connectivity index (χ0) is 13.0. The molecule has 0 saturated heterocycles. The lowest BCUT2D eigenvalue weighted by Crippen LogP contribution is -2.12. The Morgan fingerprint density at radius 2 is 2.06 bits per heavy atom. The van der Waals surface area contributed by atoms with Crippen molar-refractivity contribution >= 4 is 46.1 Å². The van der Waals surface area contributed by atoms with Crippen molar-refractivity contribution in [2.75, 3.05) is 5.32 Å². The maximum absolute atomic E-state index is 9.24. The molecular weight excluding hydrogens is 279 g/mol. The van der Waals surface area contributed by atoms with Gasteiger partial charge < -0.3 is 10.4 Å². The summed E-state index contributed by atoms with van der Waals surface area (Å²) < 4.78 is 0. The molecule has 1 aromatic carbocycles. The zero-order valence-corrected chi connectivity index (χ0v) is 11.1. The van der Waals surface area contributed by atoms with Crippen LogP contribution in [0.15, 0.2) is 29.5 Å². The van der Waals surface area contributed by atoms with Crippen LogP contribution in [0.25, 0.3) is 0 Å². The van der Waals surface area contributed by atoms with Gasteiger partial charge in [-0.1, -0.05) is 35.4 Å². The van der Waals surface area contributed by atoms with Gasteiger partial charge in [0.1, 0.15) is 22.4 Å². The van der Waals surface area contributed by atoms with Crippen LogP contribution >= 0.6 is 35.4 Å². The van der Waals surface area contributed by atoms with Crippen molar-refractivity contribution in [1.29, 1.82) is 5.26 Å². The number of nitrogens with one attached hydrogen (secondary N) is 1. The Labute approximate surface area is 114 Å². The molecule has 17 heavy (non-hydrogen) atoms. The van der Waals surface area contributed by atoms with Crippen LogP contribution in [0, 0.1) is 11.3 Å². The summed E-state index contributed by atoms with van der Waals surface area (Å²) in [4.78, 5) is 0.130. The number of nitriles is 1. The second kappa shape index (κ2) is 5.87. The number of nitrogens with zero attached hydrogens (tertiary/aromatic N) is 1. The number of aliphatic hydroxyl groups is 1. The van der Waals surface area contributed by atoms with Crippen LogP contribution in [-0.4, -0.2) is 10.1 Å². The summed E-state index contributed by atoms with van der Waals surface area (Å²) in [6, 6.07) is 6.67. The third kappa shape index (κ3) is 3.60. The van der Waals surface area contributed by atoms with E-state index >= 15 is 0 Å². The third-order valence-corrected chi connectivity index (χ3v) is 2.92. The highest BCUT2D eigenvalue weighted by Crippen LogP contribution is 2.25. The Morgan fingerprint density at radius 3 is 2.53 bits per heavy atom. The van der Waals surface area contributed by atoms with E-state index in [1.807, 2.05) is 6.07 Å². The van der Waals surface area contributed by atoms with Crippen molar-refractivity contribution in [3.63, 3.8) is 0 Å². The predicted molar refractivity (Wildman–Crippen MR) is 73.6 cm³/mol. The Balaban J connectivity index is 2.93. The summed E-state index contributed by atoms with van der Waals surface area (Å²) in [6.07, 6.45) is 0. The average Bonchev–Trinajstić information content (AvgIpc) is 2.24. The van der Waals surface area contributed by atoms with Crippen molar-refractivity contribution in [3.05, 3.63) is 39.6 Å². The monoisotopic (exact) mass is 286 g/mol. The van der Waals surface area contributed by atoms with Gasteiger partial charge in [-0.25, -0.2) is 0 Å². The summed E-state index contributed by atoms with van der Waals surface area (Å²) in [5, 5.41) is 21.6. The van der Waals surface area contributed by atoms with E-state index in [2.05, 4.69) is 5.32 Å². The van der Waals surface area contributed by atoms with Crippen molar-refractivity contribution in [3.8, 4) is 6.07 Å². The molecule has 0 spiro atoms. The summed E-state index contributed by atoms with van der Waals surface area (Å²) in [5.41, 5.74) is 0.615. The maximum atomic E-state index is 9.24. The topological polar surface area (TPSA) is 56.0 Å². The van der Waals surface area contributed by atoms with Gasteiger partial charge in [0.25, 0.3) is 0 Å². The average molecular weight is 287 g/mol. The lowest BCUT2D eigenvalue weighted by atomic mass is 10.2. The van der Waals surface area contributed by atoms with Crippen molar-refractivity contribution < 1.29 is 5.11 Å². The molecule has 0 bridgehead atoms. The fourth-order valence-electron chi connectivity index (χ4n) is 1.06.